The first kappa shape index (κ1) is 16.8. The lowest BCUT2D eigenvalue weighted by atomic mass is 9.97. The maximum atomic E-state index is 5.95. The number of nitrogen functional groups attached to an aromatic ring is 1. The summed E-state index contributed by atoms with van der Waals surface area (Å²) in [6, 6.07) is 7.95. The summed E-state index contributed by atoms with van der Waals surface area (Å²) < 4.78 is 4.22. The summed E-state index contributed by atoms with van der Waals surface area (Å²) in [6.45, 7) is 3.84. The van der Waals surface area contributed by atoms with Crippen LogP contribution in [0.3, 0.4) is 0 Å². The van der Waals surface area contributed by atoms with Crippen molar-refractivity contribution in [3.63, 3.8) is 0 Å². The number of anilines is 2. The van der Waals surface area contributed by atoms with Crippen LogP contribution in [0.25, 0.3) is 16.7 Å². The first-order chi connectivity index (χ1) is 14.2. The number of hydrogen-bond acceptors (Lipinski definition) is 6. The number of aromatic nitrogens is 5. The van der Waals surface area contributed by atoms with Crippen LogP contribution in [0.5, 0.6) is 0 Å². The molecule has 2 aliphatic heterocycles. The summed E-state index contributed by atoms with van der Waals surface area (Å²) in [5, 5.41) is 8.07. The van der Waals surface area contributed by atoms with Gasteiger partial charge in [0, 0.05) is 50.4 Å². The zero-order valence-corrected chi connectivity index (χ0v) is 16.5. The van der Waals surface area contributed by atoms with E-state index in [0.717, 1.165) is 67.2 Å². The molecule has 148 valence electrons. The number of aryl methyl sites for hydroxylation is 1. The second kappa shape index (κ2) is 6.18. The minimum Gasteiger partial charge on any atom is -0.399 e. The van der Waals surface area contributed by atoms with Crippen molar-refractivity contribution in [2.45, 2.75) is 18.8 Å². The van der Waals surface area contributed by atoms with Crippen LogP contribution in [-0.2, 0) is 19.9 Å². The Morgan fingerprint density at radius 2 is 1.97 bits per heavy atom. The fourth-order valence-corrected chi connectivity index (χ4v) is 4.76. The molecule has 0 amide bonds. The number of rotatable bonds is 2. The van der Waals surface area contributed by atoms with Gasteiger partial charge in [-0.25, -0.2) is 9.97 Å². The van der Waals surface area contributed by atoms with Gasteiger partial charge in [0.25, 0.3) is 0 Å². The normalized spacial score (nSPS) is 17.5. The molecule has 8 heteroatoms. The highest BCUT2D eigenvalue weighted by molar-refractivity contribution is 5.79. The van der Waals surface area contributed by atoms with Crippen molar-refractivity contribution in [2.24, 2.45) is 7.05 Å². The minimum atomic E-state index is 0.395. The molecule has 3 N–H and O–H groups in total. The molecule has 4 aromatic rings. The van der Waals surface area contributed by atoms with Crippen LogP contribution in [-0.4, -0.2) is 50.3 Å². The molecule has 1 aromatic carbocycles. The average molecular weight is 388 g/mol. The topological polar surface area (TPSA) is 89.3 Å². The van der Waals surface area contributed by atoms with E-state index in [4.69, 9.17) is 15.7 Å². The second-order valence-corrected chi connectivity index (χ2v) is 8.09. The fraction of sp³-hybridized carbons (Fsp3) is 0.381. The van der Waals surface area contributed by atoms with Gasteiger partial charge in [-0.2, -0.15) is 9.61 Å². The van der Waals surface area contributed by atoms with Crippen molar-refractivity contribution in [3.8, 4) is 0 Å². The Hall–Kier alpha value is -3.13. The Labute approximate surface area is 168 Å². The highest BCUT2D eigenvalue weighted by Gasteiger charge is 2.35. The molecular weight excluding hydrogens is 364 g/mol. The van der Waals surface area contributed by atoms with E-state index in [2.05, 4.69) is 33.0 Å². The zero-order valence-electron chi connectivity index (χ0n) is 16.5. The van der Waals surface area contributed by atoms with E-state index >= 15 is 0 Å². The Morgan fingerprint density at radius 3 is 2.86 bits per heavy atom. The lowest BCUT2D eigenvalue weighted by molar-refractivity contribution is 0.480. The van der Waals surface area contributed by atoms with Gasteiger partial charge in [-0.15, -0.1) is 0 Å². The SMILES string of the molecule is Cn1c(C2CN(c3c4c(nc5ccnn35)CCNCC4)C2)nc2cc(N)ccc21. The maximum absolute atomic E-state index is 5.95. The van der Waals surface area contributed by atoms with Gasteiger partial charge >= 0.3 is 0 Å². The van der Waals surface area contributed by atoms with Gasteiger partial charge in [-0.3, -0.25) is 0 Å². The Kier molecular flexibility index (Phi) is 3.58. The third kappa shape index (κ3) is 2.52. The second-order valence-electron chi connectivity index (χ2n) is 8.09. The van der Waals surface area contributed by atoms with Crippen molar-refractivity contribution in [2.75, 3.05) is 36.8 Å². The third-order valence-corrected chi connectivity index (χ3v) is 6.27. The number of hydrogen-bond donors (Lipinski definition) is 2. The van der Waals surface area contributed by atoms with Gasteiger partial charge in [0.1, 0.15) is 11.6 Å². The highest BCUT2D eigenvalue weighted by atomic mass is 15.4. The van der Waals surface area contributed by atoms with Crippen LogP contribution in [0.1, 0.15) is 23.0 Å². The summed E-state index contributed by atoms with van der Waals surface area (Å²) in [5.41, 5.74) is 12.3. The lowest BCUT2D eigenvalue weighted by Crippen LogP contribution is -2.47. The van der Waals surface area contributed by atoms with E-state index in [1.165, 1.54) is 17.1 Å². The van der Waals surface area contributed by atoms with E-state index < -0.39 is 0 Å². The predicted octanol–water partition coefficient (Wildman–Crippen LogP) is 1.49. The minimum absolute atomic E-state index is 0.395. The van der Waals surface area contributed by atoms with Crippen LogP contribution < -0.4 is 16.0 Å². The molecule has 3 aromatic heterocycles. The average Bonchev–Trinajstić information content (AvgIpc) is 3.17. The van der Waals surface area contributed by atoms with Crippen molar-refractivity contribution in [1.29, 1.82) is 0 Å². The van der Waals surface area contributed by atoms with E-state index in [-0.39, 0.29) is 0 Å². The Morgan fingerprint density at radius 1 is 1.10 bits per heavy atom. The molecular formula is C21H24N8. The molecule has 0 spiro atoms. The number of fused-ring (bicyclic) bond motifs is 3. The molecule has 0 saturated carbocycles. The van der Waals surface area contributed by atoms with E-state index in [9.17, 15) is 0 Å². The van der Waals surface area contributed by atoms with Gasteiger partial charge in [-0.05, 0) is 31.2 Å². The summed E-state index contributed by atoms with van der Waals surface area (Å²) in [7, 11) is 2.10. The molecule has 5 heterocycles. The Balaban J connectivity index is 1.37. The number of nitrogens with one attached hydrogen (secondary N) is 1. The molecule has 8 nitrogen and oxygen atoms in total. The van der Waals surface area contributed by atoms with Gasteiger partial charge in [0.2, 0.25) is 0 Å². The lowest BCUT2D eigenvalue weighted by Gasteiger charge is -2.41. The largest absolute Gasteiger partial charge is 0.399 e. The number of imidazole rings is 1. The molecule has 6 rings (SSSR count). The molecule has 0 unspecified atom stereocenters. The van der Waals surface area contributed by atoms with Gasteiger partial charge in [-0.1, -0.05) is 0 Å². The predicted molar refractivity (Wildman–Crippen MR) is 113 cm³/mol. The van der Waals surface area contributed by atoms with Crippen LogP contribution in [0.15, 0.2) is 30.5 Å². The number of nitrogens with zero attached hydrogens (tertiary/aromatic N) is 6. The monoisotopic (exact) mass is 388 g/mol. The molecule has 1 fully saturated rings. The van der Waals surface area contributed by atoms with E-state index in [0.29, 0.717) is 5.92 Å². The molecule has 0 radical (unpaired) electrons. The highest BCUT2D eigenvalue weighted by Crippen LogP contribution is 2.36. The molecule has 0 bridgehead atoms. The van der Waals surface area contributed by atoms with E-state index in [1.54, 1.807) is 0 Å². The molecule has 0 atom stereocenters. The van der Waals surface area contributed by atoms with Gasteiger partial charge in [0.05, 0.1) is 28.8 Å². The van der Waals surface area contributed by atoms with Crippen LogP contribution in [0.4, 0.5) is 11.5 Å². The molecule has 29 heavy (non-hydrogen) atoms. The fourth-order valence-electron chi connectivity index (χ4n) is 4.76. The standard InChI is InChI=1S/C21H24N8/c1-27-18-3-2-14(22)10-17(18)26-20(27)13-11-28(12-13)21-15-4-7-23-8-5-16(15)25-19-6-9-24-29(19)21/h2-3,6,9-10,13,23H,4-5,7-8,11-12,22H2,1H3. The first-order valence-corrected chi connectivity index (χ1v) is 10.2. The van der Waals surface area contributed by atoms with Crippen LogP contribution >= 0.6 is 0 Å². The van der Waals surface area contributed by atoms with Gasteiger partial charge in [0.15, 0.2) is 5.65 Å². The van der Waals surface area contributed by atoms with Gasteiger partial charge < -0.3 is 20.5 Å². The molecule has 0 aliphatic carbocycles. The third-order valence-electron chi connectivity index (χ3n) is 6.27. The first-order valence-electron chi connectivity index (χ1n) is 10.2. The van der Waals surface area contributed by atoms with Crippen LogP contribution in [0, 0.1) is 0 Å². The maximum Gasteiger partial charge on any atom is 0.157 e. The summed E-state index contributed by atoms with van der Waals surface area (Å²) in [4.78, 5) is 12.2. The number of nitrogens with two attached hydrogens (primary N) is 1. The summed E-state index contributed by atoms with van der Waals surface area (Å²) >= 11 is 0. The van der Waals surface area contributed by atoms with Crippen molar-refractivity contribution < 1.29 is 0 Å². The molecule has 1 saturated heterocycles. The zero-order chi connectivity index (χ0) is 19.5. The summed E-state index contributed by atoms with van der Waals surface area (Å²) in [6.07, 6.45) is 3.80. The molecule has 2 aliphatic rings. The van der Waals surface area contributed by atoms with Crippen LogP contribution in [0.2, 0.25) is 0 Å². The van der Waals surface area contributed by atoms with E-state index in [1.807, 2.05) is 28.9 Å². The van der Waals surface area contributed by atoms with Crippen molar-refractivity contribution in [3.05, 3.63) is 47.5 Å². The number of benzene rings is 1. The van der Waals surface area contributed by atoms with Crippen molar-refractivity contribution in [1.82, 2.24) is 29.5 Å². The summed E-state index contributed by atoms with van der Waals surface area (Å²) in [5.74, 6) is 2.73. The Bertz CT molecular complexity index is 1230. The quantitative estimate of drug-likeness (QED) is 0.506. The smallest absolute Gasteiger partial charge is 0.157 e. The van der Waals surface area contributed by atoms with Crippen molar-refractivity contribution >= 4 is 28.2 Å².